The molecule has 0 saturated carbocycles. The average molecular weight is 296 g/mol. The van der Waals surface area contributed by atoms with E-state index >= 15 is 0 Å². The Bertz CT molecular complexity index is 680. The largest absolute Gasteiger partial charge is 0.352 e. The van der Waals surface area contributed by atoms with E-state index in [0.29, 0.717) is 23.4 Å². The first-order chi connectivity index (χ1) is 10.6. The third-order valence-electron chi connectivity index (χ3n) is 3.20. The Morgan fingerprint density at radius 3 is 2.32 bits per heavy atom. The van der Waals surface area contributed by atoms with Gasteiger partial charge in [0.1, 0.15) is 0 Å². The molecule has 0 aliphatic heterocycles. The predicted molar refractivity (Wildman–Crippen MR) is 88.2 cm³/mol. The molecule has 2 amide bonds. The molecule has 4 heteroatoms. The second-order valence-electron chi connectivity index (χ2n) is 5.16. The fourth-order valence-electron chi connectivity index (χ4n) is 2.07. The van der Waals surface area contributed by atoms with E-state index in [2.05, 4.69) is 10.6 Å². The number of aryl methyl sites for hydroxylation is 1. The highest BCUT2D eigenvalue weighted by Crippen LogP contribution is 2.13. The van der Waals surface area contributed by atoms with Crippen LogP contribution in [0, 0.1) is 6.92 Å². The van der Waals surface area contributed by atoms with Crippen LogP contribution in [0.25, 0.3) is 0 Å². The molecule has 0 radical (unpaired) electrons. The van der Waals surface area contributed by atoms with Crippen LogP contribution in [-0.2, 0) is 0 Å². The lowest BCUT2D eigenvalue weighted by Gasteiger charge is -2.08. The van der Waals surface area contributed by atoms with Gasteiger partial charge in [0.2, 0.25) is 0 Å². The van der Waals surface area contributed by atoms with Gasteiger partial charge in [-0.15, -0.1) is 0 Å². The molecule has 0 bridgehead atoms. The van der Waals surface area contributed by atoms with Gasteiger partial charge in [-0.25, -0.2) is 0 Å². The average Bonchev–Trinajstić information content (AvgIpc) is 2.52. The minimum absolute atomic E-state index is 0.131. The van der Waals surface area contributed by atoms with Crippen LogP contribution >= 0.6 is 0 Å². The molecule has 2 N–H and O–H groups in total. The smallest absolute Gasteiger partial charge is 0.255 e. The van der Waals surface area contributed by atoms with E-state index in [1.165, 1.54) is 0 Å². The molecule has 4 nitrogen and oxygen atoms in total. The maximum atomic E-state index is 12.2. The van der Waals surface area contributed by atoms with Crippen LogP contribution in [0.1, 0.15) is 39.6 Å². The Kier molecular flexibility index (Phi) is 5.31. The van der Waals surface area contributed by atoms with Gasteiger partial charge in [-0.1, -0.05) is 30.7 Å². The summed E-state index contributed by atoms with van der Waals surface area (Å²) in [6.45, 7) is 4.58. The molecule has 0 heterocycles. The topological polar surface area (TPSA) is 58.2 Å². The lowest BCUT2D eigenvalue weighted by molar-refractivity contribution is 0.0952. The lowest BCUT2D eigenvalue weighted by Crippen LogP contribution is -2.24. The Hall–Kier alpha value is -2.62. The molecule has 2 rings (SSSR count). The molecule has 114 valence electrons. The van der Waals surface area contributed by atoms with Crippen molar-refractivity contribution < 1.29 is 9.59 Å². The zero-order valence-electron chi connectivity index (χ0n) is 12.8. The number of rotatable bonds is 5. The zero-order valence-corrected chi connectivity index (χ0v) is 12.8. The highest BCUT2D eigenvalue weighted by molar-refractivity contribution is 6.05. The number of amides is 2. The van der Waals surface area contributed by atoms with E-state index in [9.17, 15) is 9.59 Å². The van der Waals surface area contributed by atoms with E-state index in [1.54, 1.807) is 30.3 Å². The van der Waals surface area contributed by atoms with Crippen molar-refractivity contribution in [2.45, 2.75) is 20.3 Å². The fourth-order valence-corrected chi connectivity index (χ4v) is 2.07. The third-order valence-corrected chi connectivity index (χ3v) is 3.20. The molecular weight excluding hydrogens is 276 g/mol. The zero-order chi connectivity index (χ0) is 15.9. The summed E-state index contributed by atoms with van der Waals surface area (Å²) in [6.07, 6.45) is 0.884. The van der Waals surface area contributed by atoms with Gasteiger partial charge in [-0.3, -0.25) is 9.59 Å². The molecule has 22 heavy (non-hydrogen) atoms. The van der Waals surface area contributed by atoms with Gasteiger partial charge in [-0.2, -0.15) is 0 Å². The Labute approximate surface area is 130 Å². The van der Waals surface area contributed by atoms with Crippen LogP contribution in [-0.4, -0.2) is 18.4 Å². The van der Waals surface area contributed by atoms with Gasteiger partial charge >= 0.3 is 0 Å². The van der Waals surface area contributed by atoms with E-state index in [1.807, 2.05) is 32.0 Å². The van der Waals surface area contributed by atoms with Crippen molar-refractivity contribution in [3.63, 3.8) is 0 Å². The molecule has 0 spiro atoms. The monoisotopic (exact) mass is 296 g/mol. The number of carbonyl (C=O) groups is 2. The minimum Gasteiger partial charge on any atom is -0.352 e. The number of benzene rings is 2. The first-order valence-electron chi connectivity index (χ1n) is 7.36. The van der Waals surface area contributed by atoms with Gasteiger partial charge < -0.3 is 10.6 Å². The van der Waals surface area contributed by atoms with E-state index in [0.717, 1.165) is 12.0 Å². The van der Waals surface area contributed by atoms with E-state index in [-0.39, 0.29) is 11.8 Å². The van der Waals surface area contributed by atoms with Gasteiger partial charge in [-0.05, 0) is 43.7 Å². The second kappa shape index (κ2) is 7.41. The molecule has 0 fully saturated rings. The number of nitrogens with one attached hydrogen (secondary N) is 2. The second-order valence-corrected chi connectivity index (χ2v) is 5.16. The van der Waals surface area contributed by atoms with Crippen LogP contribution < -0.4 is 10.6 Å². The SMILES string of the molecule is CCCNC(=O)c1cccc(NC(=O)c2cccc(C)c2)c1. The molecule has 2 aromatic rings. The molecule has 0 atom stereocenters. The standard InChI is InChI=1S/C18H20N2O2/c1-3-10-19-17(21)15-8-5-9-16(12-15)20-18(22)14-7-4-6-13(2)11-14/h4-9,11-12H,3,10H2,1-2H3,(H,19,21)(H,20,22). The molecule has 0 saturated heterocycles. The highest BCUT2D eigenvalue weighted by atomic mass is 16.2. The summed E-state index contributed by atoms with van der Waals surface area (Å²) in [4.78, 5) is 24.1. The van der Waals surface area contributed by atoms with Crippen molar-refractivity contribution >= 4 is 17.5 Å². The Balaban J connectivity index is 2.10. The fraction of sp³-hybridized carbons (Fsp3) is 0.222. The molecule has 0 unspecified atom stereocenters. The number of carbonyl (C=O) groups excluding carboxylic acids is 2. The molecule has 0 aliphatic rings. The van der Waals surface area contributed by atoms with Crippen molar-refractivity contribution in [1.29, 1.82) is 0 Å². The van der Waals surface area contributed by atoms with Crippen molar-refractivity contribution in [2.24, 2.45) is 0 Å². The summed E-state index contributed by atoms with van der Waals surface area (Å²) in [5.74, 6) is -0.316. The van der Waals surface area contributed by atoms with Crippen molar-refractivity contribution in [2.75, 3.05) is 11.9 Å². The summed E-state index contributed by atoms with van der Waals surface area (Å²) in [5.41, 5.74) is 2.77. The summed E-state index contributed by atoms with van der Waals surface area (Å²) in [7, 11) is 0. The van der Waals surface area contributed by atoms with Crippen molar-refractivity contribution in [3.05, 3.63) is 65.2 Å². The summed E-state index contributed by atoms with van der Waals surface area (Å²) in [5, 5.41) is 5.63. The molecule has 0 aliphatic carbocycles. The molecule has 2 aromatic carbocycles. The first kappa shape index (κ1) is 15.8. The van der Waals surface area contributed by atoms with Crippen LogP contribution in [0.15, 0.2) is 48.5 Å². The number of anilines is 1. The van der Waals surface area contributed by atoms with Gasteiger partial charge in [0.05, 0.1) is 0 Å². The maximum Gasteiger partial charge on any atom is 0.255 e. The maximum absolute atomic E-state index is 12.2. The van der Waals surface area contributed by atoms with Crippen LogP contribution in [0.3, 0.4) is 0 Å². The third kappa shape index (κ3) is 4.19. The van der Waals surface area contributed by atoms with Gasteiger partial charge in [0, 0.05) is 23.4 Å². The first-order valence-corrected chi connectivity index (χ1v) is 7.36. The normalized spacial score (nSPS) is 10.1. The minimum atomic E-state index is -0.185. The van der Waals surface area contributed by atoms with Crippen LogP contribution in [0.2, 0.25) is 0 Å². The highest BCUT2D eigenvalue weighted by Gasteiger charge is 2.09. The van der Waals surface area contributed by atoms with E-state index < -0.39 is 0 Å². The summed E-state index contributed by atoms with van der Waals surface area (Å²) < 4.78 is 0. The van der Waals surface area contributed by atoms with Crippen molar-refractivity contribution in [3.8, 4) is 0 Å². The lowest BCUT2D eigenvalue weighted by atomic mass is 10.1. The van der Waals surface area contributed by atoms with Crippen LogP contribution in [0.5, 0.6) is 0 Å². The predicted octanol–water partition coefficient (Wildman–Crippen LogP) is 3.39. The van der Waals surface area contributed by atoms with E-state index in [4.69, 9.17) is 0 Å². The van der Waals surface area contributed by atoms with Gasteiger partial charge in [0.25, 0.3) is 11.8 Å². The quantitative estimate of drug-likeness (QED) is 0.888. The van der Waals surface area contributed by atoms with Crippen molar-refractivity contribution in [1.82, 2.24) is 5.32 Å². The molecular formula is C18H20N2O2. The summed E-state index contributed by atoms with van der Waals surface area (Å²) in [6, 6.07) is 14.3. The van der Waals surface area contributed by atoms with Gasteiger partial charge in [0.15, 0.2) is 0 Å². The molecule has 0 aromatic heterocycles. The number of hydrogen-bond acceptors (Lipinski definition) is 2. The van der Waals surface area contributed by atoms with Crippen LogP contribution in [0.4, 0.5) is 5.69 Å². The number of hydrogen-bond donors (Lipinski definition) is 2. The summed E-state index contributed by atoms with van der Waals surface area (Å²) >= 11 is 0. The Morgan fingerprint density at radius 2 is 1.64 bits per heavy atom. The Morgan fingerprint density at radius 1 is 0.955 bits per heavy atom.